The first-order chi connectivity index (χ1) is 10.4. The number of ether oxygens (including phenoxy) is 1. The van der Waals surface area contributed by atoms with Gasteiger partial charge in [0.15, 0.2) is 11.5 Å². The van der Waals surface area contributed by atoms with Crippen molar-refractivity contribution in [2.24, 2.45) is 0 Å². The van der Waals surface area contributed by atoms with Crippen LogP contribution in [0.15, 0.2) is 16.6 Å². The highest BCUT2D eigenvalue weighted by Crippen LogP contribution is 2.42. The summed E-state index contributed by atoms with van der Waals surface area (Å²) in [5.74, 6) is -3.34. The topological polar surface area (TPSA) is 65.0 Å². The van der Waals surface area contributed by atoms with E-state index in [1.54, 1.807) is 4.90 Å². The first-order valence-electron chi connectivity index (χ1n) is 6.90. The zero-order chi connectivity index (χ0) is 16.3. The number of alkyl halides is 2. The summed E-state index contributed by atoms with van der Waals surface area (Å²) in [7, 11) is 1.36. The number of hydrogen-bond donors (Lipinski definition) is 3. The predicted molar refractivity (Wildman–Crippen MR) is 81.6 cm³/mol. The Morgan fingerprint density at radius 3 is 2.59 bits per heavy atom. The van der Waals surface area contributed by atoms with E-state index in [0.717, 1.165) is 0 Å². The van der Waals surface area contributed by atoms with Gasteiger partial charge in [-0.05, 0) is 33.6 Å². The third-order valence-corrected chi connectivity index (χ3v) is 4.32. The third-order valence-electron chi connectivity index (χ3n) is 3.71. The molecule has 1 aromatic rings. The number of nitrogens with zero attached hydrogens (tertiary/aromatic N) is 1. The maximum absolute atomic E-state index is 14.3. The molecule has 1 atom stereocenters. The number of phenols is 1. The maximum atomic E-state index is 14.3. The molecule has 0 aromatic heterocycles. The molecule has 0 bridgehead atoms. The van der Waals surface area contributed by atoms with E-state index in [9.17, 15) is 13.9 Å². The van der Waals surface area contributed by atoms with Gasteiger partial charge in [0.05, 0.1) is 11.6 Å². The highest BCUT2D eigenvalue weighted by atomic mass is 79.9. The minimum Gasteiger partial charge on any atom is -0.503 e. The lowest BCUT2D eigenvalue weighted by molar-refractivity contribution is -0.118. The number of aliphatic hydroxyl groups excluding tert-OH is 1. The minimum atomic E-state index is -3.31. The van der Waals surface area contributed by atoms with E-state index in [4.69, 9.17) is 9.84 Å². The molecule has 0 saturated carbocycles. The minimum absolute atomic E-state index is 0.109. The molecule has 22 heavy (non-hydrogen) atoms. The van der Waals surface area contributed by atoms with Crippen molar-refractivity contribution in [2.75, 3.05) is 39.9 Å². The van der Waals surface area contributed by atoms with Gasteiger partial charge in [-0.25, -0.2) is 8.78 Å². The molecule has 2 rings (SSSR count). The molecule has 1 aliphatic heterocycles. The first-order valence-corrected chi connectivity index (χ1v) is 7.70. The standard InChI is InChI=1S/C14H19BrF2N2O3/c1-22-11-7-9(6-10(15)12(11)21)13(14(16,17)8-20)19-4-2-18-3-5-19/h6-7,13,18,20-21H,2-5,8H2,1H3/t13-/m0/s1. The molecule has 0 amide bonds. The zero-order valence-corrected chi connectivity index (χ0v) is 13.7. The van der Waals surface area contributed by atoms with Gasteiger partial charge in [0.25, 0.3) is 5.92 Å². The van der Waals surface area contributed by atoms with Crippen LogP contribution in [0.25, 0.3) is 0 Å². The average Bonchev–Trinajstić information content (AvgIpc) is 2.51. The van der Waals surface area contributed by atoms with Gasteiger partial charge in [0.1, 0.15) is 12.6 Å². The lowest BCUT2D eigenvalue weighted by atomic mass is 9.97. The molecule has 0 spiro atoms. The Hall–Kier alpha value is -0.960. The van der Waals surface area contributed by atoms with E-state index < -0.39 is 18.6 Å². The van der Waals surface area contributed by atoms with E-state index in [-0.39, 0.29) is 21.5 Å². The molecule has 1 aliphatic rings. The summed E-state index contributed by atoms with van der Waals surface area (Å²) in [6.07, 6.45) is 0. The Labute approximate surface area is 136 Å². The van der Waals surface area contributed by atoms with Crippen LogP contribution in [0.1, 0.15) is 11.6 Å². The maximum Gasteiger partial charge on any atom is 0.289 e. The van der Waals surface area contributed by atoms with Crippen molar-refractivity contribution in [3.05, 3.63) is 22.2 Å². The smallest absolute Gasteiger partial charge is 0.289 e. The Morgan fingerprint density at radius 1 is 1.41 bits per heavy atom. The Morgan fingerprint density at radius 2 is 2.05 bits per heavy atom. The number of halogens is 3. The van der Waals surface area contributed by atoms with Gasteiger partial charge in [-0.3, -0.25) is 4.90 Å². The van der Waals surface area contributed by atoms with Crippen molar-refractivity contribution in [1.29, 1.82) is 0 Å². The van der Waals surface area contributed by atoms with Crippen LogP contribution in [0.2, 0.25) is 0 Å². The summed E-state index contributed by atoms with van der Waals surface area (Å²) in [6, 6.07) is 1.54. The van der Waals surface area contributed by atoms with Crippen LogP contribution in [0, 0.1) is 0 Å². The van der Waals surface area contributed by atoms with Crippen LogP contribution in [0.5, 0.6) is 11.5 Å². The van der Waals surface area contributed by atoms with Crippen LogP contribution in [-0.2, 0) is 0 Å². The van der Waals surface area contributed by atoms with Crippen LogP contribution < -0.4 is 10.1 Å². The van der Waals surface area contributed by atoms with Gasteiger partial charge >= 0.3 is 0 Å². The highest BCUT2D eigenvalue weighted by molar-refractivity contribution is 9.10. The summed E-state index contributed by atoms with van der Waals surface area (Å²) in [5, 5.41) is 22.1. The SMILES string of the molecule is COc1cc([C@H](N2CCNCC2)C(F)(F)CO)cc(Br)c1O. The van der Waals surface area contributed by atoms with E-state index in [2.05, 4.69) is 21.2 Å². The average molecular weight is 381 g/mol. The molecular weight excluding hydrogens is 362 g/mol. The molecule has 0 aliphatic carbocycles. The van der Waals surface area contributed by atoms with Crippen molar-refractivity contribution in [3.8, 4) is 11.5 Å². The number of methoxy groups -OCH3 is 1. The number of aliphatic hydroxyl groups is 1. The number of rotatable bonds is 5. The molecular formula is C14H19BrF2N2O3. The molecule has 1 fully saturated rings. The summed E-state index contributed by atoms with van der Waals surface area (Å²) in [5.41, 5.74) is 0.280. The van der Waals surface area contributed by atoms with E-state index in [1.807, 2.05) is 0 Å². The number of phenolic OH excluding ortho intramolecular Hbond substituents is 1. The fourth-order valence-electron chi connectivity index (χ4n) is 2.66. The van der Waals surface area contributed by atoms with Crippen LogP contribution in [0.3, 0.4) is 0 Å². The van der Waals surface area contributed by atoms with Crippen molar-refractivity contribution >= 4 is 15.9 Å². The quantitative estimate of drug-likeness (QED) is 0.725. The third kappa shape index (κ3) is 3.51. The molecule has 0 radical (unpaired) electrons. The number of piperazine rings is 1. The number of aromatic hydroxyl groups is 1. The Kier molecular flexibility index (Phi) is 5.60. The monoisotopic (exact) mass is 380 g/mol. The second-order valence-corrected chi connectivity index (χ2v) is 6.02. The fraction of sp³-hybridized carbons (Fsp3) is 0.571. The Balaban J connectivity index is 2.46. The molecule has 124 valence electrons. The second kappa shape index (κ2) is 7.08. The largest absolute Gasteiger partial charge is 0.503 e. The number of hydrogen-bond acceptors (Lipinski definition) is 5. The highest BCUT2D eigenvalue weighted by Gasteiger charge is 2.44. The molecule has 5 nitrogen and oxygen atoms in total. The van der Waals surface area contributed by atoms with Gasteiger partial charge in [0.2, 0.25) is 0 Å². The van der Waals surface area contributed by atoms with Crippen LogP contribution in [0.4, 0.5) is 8.78 Å². The van der Waals surface area contributed by atoms with Crippen molar-refractivity contribution in [1.82, 2.24) is 10.2 Å². The molecule has 0 unspecified atom stereocenters. The predicted octanol–water partition coefficient (Wildman–Crippen LogP) is 1.74. The molecule has 1 heterocycles. The van der Waals surface area contributed by atoms with Crippen molar-refractivity contribution < 1.29 is 23.7 Å². The summed E-state index contributed by atoms with van der Waals surface area (Å²) < 4.78 is 34.0. The van der Waals surface area contributed by atoms with Gasteiger partial charge in [-0.1, -0.05) is 0 Å². The number of nitrogens with one attached hydrogen (secondary N) is 1. The summed E-state index contributed by atoms with van der Waals surface area (Å²) in [6.45, 7) is 0.854. The second-order valence-electron chi connectivity index (χ2n) is 5.16. The zero-order valence-electron chi connectivity index (χ0n) is 12.2. The molecule has 8 heteroatoms. The van der Waals surface area contributed by atoms with Crippen LogP contribution in [-0.4, -0.2) is 60.9 Å². The molecule has 1 saturated heterocycles. The normalized spacial score (nSPS) is 18.2. The van der Waals surface area contributed by atoms with Gasteiger partial charge < -0.3 is 20.3 Å². The summed E-state index contributed by atoms with van der Waals surface area (Å²) >= 11 is 3.15. The van der Waals surface area contributed by atoms with Crippen LogP contribution >= 0.6 is 15.9 Å². The lowest BCUT2D eigenvalue weighted by Crippen LogP contribution is -2.51. The summed E-state index contributed by atoms with van der Waals surface area (Å²) in [4.78, 5) is 1.63. The van der Waals surface area contributed by atoms with Gasteiger partial charge in [-0.2, -0.15) is 0 Å². The van der Waals surface area contributed by atoms with Crippen molar-refractivity contribution in [3.63, 3.8) is 0 Å². The van der Waals surface area contributed by atoms with Gasteiger partial charge in [-0.15, -0.1) is 0 Å². The lowest BCUT2D eigenvalue weighted by Gasteiger charge is -2.39. The molecule has 3 N–H and O–H groups in total. The molecule has 1 aromatic carbocycles. The first kappa shape index (κ1) is 17.4. The Bertz CT molecular complexity index is 525. The van der Waals surface area contributed by atoms with E-state index in [1.165, 1.54) is 19.2 Å². The number of benzene rings is 1. The fourth-order valence-corrected chi connectivity index (χ4v) is 3.12. The van der Waals surface area contributed by atoms with Gasteiger partial charge in [0, 0.05) is 26.2 Å². The van der Waals surface area contributed by atoms with E-state index in [0.29, 0.717) is 26.2 Å². The van der Waals surface area contributed by atoms with Crippen molar-refractivity contribution in [2.45, 2.75) is 12.0 Å². The van der Waals surface area contributed by atoms with E-state index >= 15 is 0 Å².